The summed E-state index contributed by atoms with van der Waals surface area (Å²) < 4.78 is 1.42. The van der Waals surface area contributed by atoms with Crippen LogP contribution in [0.25, 0.3) is 5.69 Å². The molecule has 0 saturated heterocycles. The Hall–Kier alpha value is -2.74. The number of aliphatic hydroxyl groups is 1. The molecule has 0 aliphatic rings. The van der Waals surface area contributed by atoms with Gasteiger partial charge in [0.2, 0.25) is 0 Å². The highest BCUT2D eigenvalue weighted by Gasteiger charge is 2.16. The van der Waals surface area contributed by atoms with Gasteiger partial charge in [-0.1, -0.05) is 6.07 Å². The summed E-state index contributed by atoms with van der Waals surface area (Å²) in [5.74, 6) is -0.269. The van der Waals surface area contributed by atoms with Crippen molar-refractivity contribution >= 4 is 11.6 Å². The molecular weight excluding hydrogens is 300 g/mol. The molecule has 1 heterocycles. The Morgan fingerprint density at radius 2 is 2.22 bits per heavy atom. The van der Waals surface area contributed by atoms with Crippen LogP contribution in [-0.4, -0.2) is 50.3 Å². The van der Waals surface area contributed by atoms with Crippen molar-refractivity contribution < 1.29 is 14.8 Å². The normalized spacial score (nSPS) is 12.0. The van der Waals surface area contributed by atoms with Crippen molar-refractivity contribution in [3.63, 3.8) is 0 Å². The number of hydrogen-bond donors (Lipinski definition) is 1. The molecule has 1 aromatic carbocycles. The number of nitrogens with zero attached hydrogens (tertiary/aromatic N) is 4. The highest BCUT2D eigenvalue weighted by atomic mass is 16.6. The van der Waals surface area contributed by atoms with E-state index < -0.39 is 11.0 Å². The number of non-ortho nitro benzene ring substituents is 1. The van der Waals surface area contributed by atoms with Gasteiger partial charge in [0.1, 0.15) is 0 Å². The van der Waals surface area contributed by atoms with Crippen LogP contribution in [0.2, 0.25) is 0 Å². The number of benzene rings is 1. The van der Waals surface area contributed by atoms with E-state index in [2.05, 4.69) is 5.10 Å². The summed E-state index contributed by atoms with van der Waals surface area (Å²) in [6.45, 7) is 2.08. The lowest BCUT2D eigenvalue weighted by atomic mass is 10.2. The number of carbonyl (C=O) groups excluding carboxylic acids is 1. The van der Waals surface area contributed by atoms with E-state index in [1.54, 1.807) is 38.4 Å². The minimum absolute atomic E-state index is 0.0417. The first-order valence-electron chi connectivity index (χ1n) is 7.12. The van der Waals surface area contributed by atoms with Crippen LogP contribution in [0.5, 0.6) is 0 Å². The molecule has 0 aliphatic carbocycles. The summed E-state index contributed by atoms with van der Waals surface area (Å²) in [5.41, 5.74) is 0.703. The van der Waals surface area contributed by atoms with Crippen LogP contribution >= 0.6 is 0 Å². The maximum absolute atomic E-state index is 12.2. The van der Waals surface area contributed by atoms with Crippen molar-refractivity contribution in [2.24, 2.45) is 0 Å². The lowest BCUT2D eigenvalue weighted by molar-refractivity contribution is -0.384. The summed E-state index contributed by atoms with van der Waals surface area (Å²) >= 11 is 0. The van der Waals surface area contributed by atoms with Crippen molar-refractivity contribution in [3.05, 3.63) is 52.3 Å². The lowest BCUT2D eigenvalue weighted by Gasteiger charge is -2.16. The molecule has 8 nitrogen and oxygen atoms in total. The van der Waals surface area contributed by atoms with Crippen molar-refractivity contribution in [1.29, 1.82) is 0 Å². The van der Waals surface area contributed by atoms with Gasteiger partial charge in [-0.05, 0) is 25.5 Å². The predicted molar refractivity (Wildman–Crippen MR) is 83.5 cm³/mol. The monoisotopic (exact) mass is 318 g/mol. The lowest BCUT2D eigenvalue weighted by Crippen LogP contribution is -2.29. The number of aromatic nitrogens is 2. The van der Waals surface area contributed by atoms with Crippen LogP contribution in [0.3, 0.4) is 0 Å². The fourth-order valence-electron chi connectivity index (χ4n) is 2.01. The van der Waals surface area contributed by atoms with Crippen LogP contribution in [0, 0.1) is 10.1 Å². The number of hydrogen-bond acceptors (Lipinski definition) is 5. The number of carbonyl (C=O) groups is 1. The molecule has 0 aliphatic heterocycles. The molecule has 1 unspecified atom stereocenters. The SMILES string of the molecule is CC(O)CCN(C)C(=O)c1ccn(-c2cccc([N+](=O)[O-])c2)n1. The zero-order valence-corrected chi connectivity index (χ0v) is 12.9. The fourth-order valence-corrected chi connectivity index (χ4v) is 2.01. The summed E-state index contributed by atoms with van der Waals surface area (Å²) in [5, 5.41) is 24.2. The van der Waals surface area contributed by atoms with Gasteiger partial charge in [0.05, 0.1) is 16.7 Å². The molecule has 0 saturated carbocycles. The first kappa shape index (κ1) is 16.6. The van der Waals surface area contributed by atoms with Crippen molar-refractivity contribution in [1.82, 2.24) is 14.7 Å². The van der Waals surface area contributed by atoms with Gasteiger partial charge in [-0.3, -0.25) is 14.9 Å². The Bertz CT molecular complexity index is 711. The van der Waals surface area contributed by atoms with Gasteiger partial charge < -0.3 is 10.0 Å². The van der Waals surface area contributed by atoms with Crippen LogP contribution in [-0.2, 0) is 0 Å². The van der Waals surface area contributed by atoms with Gasteiger partial charge in [0, 0.05) is 31.9 Å². The Morgan fingerprint density at radius 1 is 1.48 bits per heavy atom. The van der Waals surface area contributed by atoms with Crippen LogP contribution in [0.4, 0.5) is 5.69 Å². The van der Waals surface area contributed by atoms with Crippen molar-refractivity contribution in [2.45, 2.75) is 19.4 Å². The number of nitro groups is 1. The average molecular weight is 318 g/mol. The smallest absolute Gasteiger partial charge is 0.274 e. The number of amides is 1. The van der Waals surface area contributed by atoms with E-state index in [0.29, 0.717) is 18.7 Å². The molecule has 2 aromatic rings. The van der Waals surface area contributed by atoms with Gasteiger partial charge in [-0.2, -0.15) is 5.10 Å². The topological polar surface area (TPSA) is 102 Å². The third-order valence-electron chi connectivity index (χ3n) is 3.34. The largest absolute Gasteiger partial charge is 0.393 e. The van der Waals surface area contributed by atoms with E-state index in [-0.39, 0.29) is 17.3 Å². The second-order valence-corrected chi connectivity index (χ2v) is 5.29. The highest BCUT2D eigenvalue weighted by molar-refractivity contribution is 5.92. The first-order valence-corrected chi connectivity index (χ1v) is 7.12. The maximum Gasteiger partial charge on any atom is 0.274 e. The third kappa shape index (κ3) is 4.13. The van der Waals surface area contributed by atoms with Crippen LogP contribution in [0.15, 0.2) is 36.5 Å². The van der Waals surface area contributed by atoms with Gasteiger partial charge in [-0.15, -0.1) is 0 Å². The molecule has 0 fully saturated rings. The first-order chi connectivity index (χ1) is 10.9. The van der Waals surface area contributed by atoms with Crippen molar-refractivity contribution in [3.8, 4) is 5.69 Å². The van der Waals surface area contributed by atoms with Crippen LogP contribution in [0.1, 0.15) is 23.8 Å². The number of nitro benzene ring substituents is 1. The van der Waals surface area contributed by atoms with Gasteiger partial charge >= 0.3 is 0 Å². The van der Waals surface area contributed by atoms with Gasteiger partial charge in [0.15, 0.2) is 5.69 Å². The molecule has 0 radical (unpaired) electrons. The molecule has 1 aromatic heterocycles. The number of rotatable bonds is 6. The summed E-state index contributed by atoms with van der Waals surface area (Å²) in [6.07, 6.45) is 1.58. The van der Waals surface area contributed by atoms with Gasteiger partial charge in [0.25, 0.3) is 11.6 Å². The molecule has 1 atom stereocenters. The molecule has 2 rings (SSSR count). The number of aliphatic hydroxyl groups excluding tert-OH is 1. The summed E-state index contributed by atoms with van der Waals surface area (Å²) in [4.78, 5) is 24.0. The van der Waals surface area contributed by atoms with E-state index in [4.69, 9.17) is 0 Å². The maximum atomic E-state index is 12.2. The standard InChI is InChI=1S/C15H18N4O4/c1-11(20)6-8-17(2)15(21)14-7-9-18(16-14)12-4-3-5-13(10-12)19(22)23/h3-5,7,9-11,20H,6,8H2,1-2H3. The minimum atomic E-state index is -0.483. The molecule has 122 valence electrons. The third-order valence-corrected chi connectivity index (χ3v) is 3.34. The van der Waals surface area contributed by atoms with E-state index in [1.165, 1.54) is 21.7 Å². The minimum Gasteiger partial charge on any atom is -0.393 e. The molecule has 0 bridgehead atoms. The Labute approximate surface area is 133 Å². The molecule has 8 heteroatoms. The van der Waals surface area contributed by atoms with E-state index in [0.717, 1.165) is 0 Å². The molecule has 1 amide bonds. The second-order valence-electron chi connectivity index (χ2n) is 5.29. The Kier molecular flexibility index (Phi) is 5.07. The zero-order valence-electron chi connectivity index (χ0n) is 12.9. The van der Waals surface area contributed by atoms with E-state index >= 15 is 0 Å². The second kappa shape index (κ2) is 7.01. The molecule has 1 N–H and O–H groups in total. The Balaban J connectivity index is 2.15. The quantitative estimate of drug-likeness (QED) is 0.644. The van der Waals surface area contributed by atoms with Crippen LogP contribution < -0.4 is 0 Å². The summed E-state index contributed by atoms with van der Waals surface area (Å²) in [7, 11) is 1.64. The highest BCUT2D eigenvalue weighted by Crippen LogP contribution is 2.16. The van der Waals surface area contributed by atoms with E-state index in [9.17, 15) is 20.0 Å². The molecular formula is C15H18N4O4. The zero-order chi connectivity index (χ0) is 17.0. The fraction of sp³-hybridized carbons (Fsp3) is 0.333. The molecule has 23 heavy (non-hydrogen) atoms. The van der Waals surface area contributed by atoms with Crippen molar-refractivity contribution in [2.75, 3.05) is 13.6 Å². The predicted octanol–water partition coefficient (Wildman–Crippen LogP) is 1.62. The summed E-state index contributed by atoms with van der Waals surface area (Å²) in [6, 6.07) is 7.57. The van der Waals surface area contributed by atoms with E-state index in [1.807, 2.05) is 0 Å². The Morgan fingerprint density at radius 3 is 2.87 bits per heavy atom. The van der Waals surface area contributed by atoms with Gasteiger partial charge in [-0.25, -0.2) is 4.68 Å². The molecule has 0 spiro atoms. The average Bonchev–Trinajstić information content (AvgIpc) is 3.01.